The van der Waals surface area contributed by atoms with E-state index in [2.05, 4.69) is 55.7 Å². The Morgan fingerprint density at radius 3 is 2.24 bits per heavy atom. The van der Waals surface area contributed by atoms with Gasteiger partial charge in [0.2, 0.25) is 0 Å². The minimum atomic E-state index is -0.396. The van der Waals surface area contributed by atoms with Crippen molar-refractivity contribution < 1.29 is 9.90 Å². The molecular weight excluding hydrogens is 312 g/mol. The van der Waals surface area contributed by atoms with Crippen molar-refractivity contribution in [2.75, 3.05) is 13.2 Å². The van der Waals surface area contributed by atoms with Gasteiger partial charge >= 0.3 is 6.03 Å². The van der Waals surface area contributed by atoms with Crippen molar-refractivity contribution in [1.82, 2.24) is 10.6 Å². The van der Waals surface area contributed by atoms with Crippen molar-refractivity contribution in [2.24, 2.45) is 0 Å². The van der Waals surface area contributed by atoms with E-state index in [1.165, 1.54) is 11.1 Å². The third kappa shape index (κ3) is 5.91. The van der Waals surface area contributed by atoms with Crippen molar-refractivity contribution in [3.63, 3.8) is 0 Å². The van der Waals surface area contributed by atoms with Crippen LogP contribution < -0.4 is 10.6 Å². The summed E-state index contributed by atoms with van der Waals surface area (Å²) in [5.41, 5.74) is 3.52. The minimum Gasteiger partial charge on any atom is -0.394 e. The molecule has 0 radical (unpaired) electrons. The summed E-state index contributed by atoms with van der Waals surface area (Å²) in [5.74, 6) is 0. The minimum absolute atomic E-state index is 0.133. The van der Waals surface area contributed by atoms with E-state index in [9.17, 15) is 9.90 Å². The smallest absolute Gasteiger partial charge is 0.315 e. The molecule has 1 unspecified atom stereocenters. The van der Waals surface area contributed by atoms with Gasteiger partial charge in [-0.1, -0.05) is 75.4 Å². The van der Waals surface area contributed by atoms with Gasteiger partial charge in [0.1, 0.15) is 0 Å². The summed E-state index contributed by atoms with van der Waals surface area (Å²) in [6.07, 6.45) is 0.771. The second-order valence-corrected chi connectivity index (χ2v) is 7.24. The van der Waals surface area contributed by atoms with E-state index >= 15 is 0 Å². The molecule has 0 fully saturated rings. The molecule has 2 aromatic carbocycles. The van der Waals surface area contributed by atoms with E-state index in [4.69, 9.17) is 0 Å². The highest BCUT2D eigenvalue weighted by Crippen LogP contribution is 2.22. The maximum atomic E-state index is 12.0. The van der Waals surface area contributed by atoms with Crippen molar-refractivity contribution in [3.8, 4) is 0 Å². The number of hydrogen-bond donors (Lipinski definition) is 3. The van der Waals surface area contributed by atoms with Crippen LogP contribution in [0.1, 0.15) is 43.5 Å². The zero-order valence-electron chi connectivity index (χ0n) is 15.3. The number of urea groups is 1. The number of aliphatic hydroxyl groups excluding tert-OH is 1. The maximum absolute atomic E-state index is 12.0. The SMILES string of the molecule is CC(C)(C)c1ccc(CCNC(=O)NC(CO)c2ccccc2)cc1. The van der Waals surface area contributed by atoms with E-state index < -0.39 is 6.04 Å². The topological polar surface area (TPSA) is 61.4 Å². The molecule has 0 aliphatic rings. The molecule has 1 atom stereocenters. The predicted molar refractivity (Wildman–Crippen MR) is 102 cm³/mol. The van der Waals surface area contributed by atoms with Crippen molar-refractivity contribution in [3.05, 3.63) is 71.3 Å². The molecule has 25 heavy (non-hydrogen) atoms. The first-order valence-corrected chi connectivity index (χ1v) is 8.70. The first-order valence-electron chi connectivity index (χ1n) is 8.70. The van der Waals surface area contributed by atoms with Gasteiger partial charge in [0.25, 0.3) is 0 Å². The average molecular weight is 340 g/mol. The van der Waals surface area contributed by atoms with Crippen LogP contribution in [0.25, 0.3) is 0 Å². The molecule has 4 nitrogen and oxygen atoms in total. The molecule has 0 aliphatic heterocycles. The van der Waals surface area contributed by atoms with Crippen LogP contribution in [0.4, 0.5) is 4.79 Å². The van der Waals surface area contributed by atoms with Crippen LogP contribution >= 0.6 is 0 Å². The Balaban J connectivity index is 1.80. The molecule has 134 valence electrons. The molecule has 0 heterocycles. The first-order chi connectivity index (χ1) is 11.9. The molecule has 3 N–H and O–H groups in total. The lowest BCUT2D eigenvalue weighted by atomic mass is 9.86. The van der Waals surface area contributed by atoms with Gasteiger partial charge in [-0.2, -0.15) is 0 Å². The number of carbonyl (C=O) groups excluding carboxylic acids is 1. The second kappa shape index (κ2) is 8.67. The predicted octanol–water partition coefficient (Wildman–Crippen LogP) is 3.56. The number of amides is 2. The number of carbonyl (C=O) groups is 1. The Hall–Kier alpha value is -2.33. The van der Waals surface area contributed by atoms with E-state index in [0.717, 1.165) is 12.0 Å². The highest BCUT2D eigenvalue weighted by Gasteiger charge is 2.14. The Kier molecular flexibility index (Phi) is 6.59. The van der Waals surface area contributed by atoms with Crippen LogP contribution in [0.2, 0.25) is 0 Å². The van der Waals surface area contributed by atoms with Gasteiger partial charge in [0, 0.05) is 6.54 Å². The van der Waals surface area contributed by atoms with Gasteiger partial charge in [0.05, 0.1) is 12.6 Å². The number of aliphatic hydroxyl groups is 1. The van der Waals surface area contributed by atoms with Crippen LogP contribution in [0.15, 0.2) is 54.6 Å². The lowest BCUT2D eigenvalue weighted by molar-refractivity contribution is 0.217. The number of benzene rings is 2. The molecule has 2 aromatic rings. The summed E-state index contributed by atoms with van der Waals surface area (Å²) >= 11 is 0. The standard InChI is InChI=1S/C21H28N2O2/c1-21(2,3)18-11-9-16(10-12-18)13-14-22-20(25)23-19(15-24)17-7-5-4-6-8-17/h4-12,19,24H,13-15H2,1-3H3,(H2,22,23,25). The van der Waals surface area contributed by atoms with Crippen LogP contribution in [0, 0.1) is 0 Å². The summed E-state index contributed by atoms with van der Waals surface area (Å²) in [6, 6.07) is 17.3. The summed E-state index contributed by atoms with van der Waals surface area (Å²) in [6.45, 7) is 6.99. The monoisotopic (exact) mass is 340 g/mol. The van der Waals surface area contributed by atoms with Crippen LogP contribution in [0.3, 0.4) is 0 Å². The lowest BCUT2D eigenvalue weighted by Crippen LogP contribution is -2.40. The quantitative estimate of drug-likeness (QED) is 0.753. The maximum Gasteiger partial charge on any atom is 0.315 e. The van der Waals surface area contributed by atoms with E-state index in [0.29, 0.717) is 6.54 Å². The second-order valence-electron chi connectivity index (χ2n) is 7.24. The molecule has 0 spiro atoms. The number of rotatable bonds is 6. The number of nitrogens with one attached hydrogen (secondary N) is 2. The molecule has 2 rings (SSSR count). The van der Waals surface area contributed by atoms with Gasteiger partial charge in [-0.05, 0) is 28.5 Å². The average Bonchev–Trinajstić information content (AvgIpc) is 2.60. The Morgan fingerprint density at radius 1 is 1.04 bits per heavy atom. The van der Waals surface area contributed by atoms with Gasteiger partial charge in [-0.15, -0.1) is 0 Å². The third-order valence-electron chi connectivity index (χ3n) is 4.21. The van der Waals surface area contributed by atoms with Gasteiger partial charge in [-0.3, -0.25) is 0 Å². The molecule has 0 aliphatic carbocycles. The molecule has 0 saturated carbocycles. The fraction of sp³-hybridized carbons (Fsp3) is 0.381. The molecule has 4 heteroatoms. The van der Waals surface area contributed by atoms with E-state index in [1.54, 1.807) is 0 Å². The summed E-state index contributed by atoms with van der Waals surface area (Å²) in [5, 5.41) is 15.1. The van der Waals surface area contributed by atoms with E-state index in [1.807, 2.05) is 30.3 Å². The van der Waals surface area contributed by atoms with Gasteiger partial charge < -0.3 is 15.7 Å². The molecule has 0 saturated heterocycles. The fourth-order valence-corrected chi connectivity index (χ4v) is 2.62. The summed E-state index contributed by atoms with van der Waals surface area (Å²) in [4.78, 5) is 12.0. The third-order valence-corrected chi connectivity index (χ3v) is 4.21. The van der Waals surface area contributed by atoms with Crippen LogP contribution in [-0.4, -0.2) is 24.3 Å². The van der Waals surface area contributed by atoms with Crippen molar-refractivity contribution in [1.29, 1.82) is 0 Å². The molecule has 2 amide bonds. The number of hydrogen-bond acceptors (Lipinski definition) is 2. The molecular formula is C21H28N2O2. The normalized spacial score (nSPS) is 12.5. The largest absolute Gasteiger partial charge is 0.394 e. The van der Waals surface area contributed by atoms with Gasteiger partial charge in [0.15, 0.2) is 0 Å². The molecule has 0 bridgehead atoms. The zero-order valence-corrected chi connectivity index (χ0v) is 15.3. The zero-order chi connectivity index (χ0) is 18.3. The van der Waals surface area contributed by atoms with Crippen LogP contribution in [-0.2, 0) is 11.8 Å². The van der Waals surface area contributed by atoms with E-state index in [-0.39, 0.29) is 18.1 Å². The first kappa shape index (κ1) is 19.0. The van der Waals surface area contributed by atoms with Crippen molar-refractivity contribution >= 4 is 6.03 Å². The highest BCUT2D eigenvalue weighted by molar-refractivity contribution is 5.74. The molecule has 0 aromatic heterocycles. The van der Waals surface area contributed by atoms with Crippen LogP contribution in [0.5, 0.6) is 0 Å². The highest BCUT2D eigenvalue weighted by atomic mass is 16.3. The van der Waals surface area contributed by atoms with Crippen molar-refractivity contribution in [2.45, 2.75) is 38.6 Å². The Bertz CT molecular complexity index is 661. The fourth-order valence-electron chi connectivity index (χ4n) is 2.62. The Labute approximate surface area is 150 Å². The van der Waals surface area contributed by atoms with Gasteiger partial charge in [-0.25, -0.2) is 4.79 Å². The summed E-state index contributed by atoms with van der Waals surface area (Å²) < 4.78 is 0. The lowest BCUT2D eigenvalue weighted by Gasteiger charge is -2.19. The Morgan fingerprint density at radius 2 is 1.68 bits per heavy atom. The summed E-state index contributed by atoms with van der Waals surface area (Å²) in [7, 11) is 0.